The minimum absolute atomic E-state index is 0.142. The number of nitrogens with zero attached hydrogens (tertiary/aromatic N) is 1. The van der Waals surface area contributed by atoms with Crippen LogP contribution in [-0.4, -0.2) is 36.7 Å². The standard InChI is InChI=1S/C25H38N4O4S2/c1-24(2,3)29-35(31,32)21-13-16(14-28-23(30)33-25(4,5)6)7-12-19(21)20-15-27-22(34-20)17-8-10-18(26)11-9-17/h7,12-13,15,17-18,29H,8-11,14,26H2,1-6H3,(H,28,30). The number of hydrogen-bond donors (Lipinski definition) is 3. The lowest BCUT2D eigenvalue weighted by molar-refractivity contribution is 0.0523. The second kappa shape index (κ2) is 10.5. The zero-order valence-corrected chi connectivity index (χ0v) is 23.1. The van der Waals surface area contributed by atoms with Gasteiger partial charge in [-0.2, -0.15) is 0 Å². The number of rotatable bonds is 6. The molecule has 1 saturated carbocycles. The molecular weight excluding hydrogens is 484 g/mol. The van der Waals surface area contributed by atoms with Crippen molar-refractivity contribution in [3.05, 3.63) is 35.0 Å². The van der Waals surface area contributed by atoms with Gasteiger partial charge in [0.2, 0.25) is 10.0 Å². The number of ether oxygens (including phenoxy) is 1. The van der Waals surface area contributed by atoms with Gasteiger partial charge in [-0.25, -0.2) is 22.9 Å². The number of carbonyl (C=O) groups is 1. The number of aromatic nitrogens is 1. The van der Waals surface area contributed by atoms with Crippen LogP contribution in [0.4, 0.5) is 4.79 Å². The molecule has 4 N–H and O–H groups in total. The molecule has 10 heteroatoms. The third-order valence-electron chi connectivity index (χ3n) is 5.52. The number of sulfonamides is 1. The van der Waals surface area contributed by atoms with Crippen molar-refractivity contribution in [1.29, 1.82) is 0 Å². The first kappa shape index (κ1) is 27.6. The van der Waals surface area contributed by atoms with E-state index in [9.17, 15) is 13.2 Å². The predicted octanol–water partition coefficient (Wildman–Crippen LogP) is 4.90. The molecule has 3 rings (SSSR count). The Hall–Kier alpha value is -2.01. The topological polar surface area (TPSA) is 123 Å². The van der Waals surface area contributed by atoms with E-state index in [-0.39, 0.29) is 17.5 Å². The molecule has 8 nitrogen and oxygen atoms in total. The van der Waals surface area contributed by atoms with E-state index in [0.717, 1.165) is 35.6 Å². The van der Waals surface area contributed by atoms with Crippen molar-refractivity contribution in [3.63, 3.8) is 0 Å². The number of nitrogens with two attached hydrogens (primary N) is 1. The van der Waals surface area contributed by atoms with Crippen molar-refractivity contribution in [3.8, 4) is 10.4 Å². The molecule has 1 aliphatic carbocycles. The number of carbonyl (C=O) groups excluding carboxylic acids is 1. The SMILES string of the molecule is CC(C)(C)NS(=O)(=O)c1cc(CNC(=O)OC(C)(C)C)ccc1-c1cnc(C2CCC(N)CC2)s1. The Balaban J connectivity index is 1.91. The normalized spacial score (nSPS) is 19.4. The summed E-state index contributed by atoms with van der Waals surface area (Å²) in [4.78, 5) is 17.7. The predicted molar refractivity (Wildman–Crippen MR) is 140 cm³/mol. The van der Waals surface area contributed by atoms with Crippen LogP contribution in [0, 0.1) is 0 Å². The Morgan fingerprint density at radius 3 is 2.40 bits per heavy atom. The summed E-state index contributed by atoms with van der Waals surface area (Å²) in [5.74, 6) is 0.360. The maximum atomic E-state index is 13.4. The molecule has 2 aromatic rings. The lowest BCUT2D eigenvalue weighted by Crippen LogP contribution is -2.40. The van der Waals surface area contributed by atoms with Crippen LogP contribution >= 0.6 is 11.3 Å². The zero-order chi connectivity index (χ0) is 26.0. The number of thiazole rings is 1. The summed E-state index contributed by atoms with van der Waals surface area (Å²) in [5, 5.41) is 3.72. The Kier molecular flexibility index (Phi) is 8.30. The third-order valence-corrected chi connectivity index (χ3v) is 8.51. The van der Waals surface area contributed by atoms with Gasteiger partial charge in [-0.15, -0.1) is 11.3 Å². The highest BCUT2D eigenvalue weighted by molar-refractivity contribution is 7.89. The average Bonchev–Trinajstić information content (AvgIpc) is 3.20. The van der Waals surface area contributed by atoms with E-state index < -0.39 is 27.3 Å². The van der Waals surface area contributed by atoms with Crippen molar-refractivity contribution in [2.24, 2.45) is 5.73 Å². The van der Waals surface area contributed by atoms with Crippen molar-refractivity contribution in [2.75, 3.05) is 0 Å². The van der Waals surface area contributed by atoms with E-state index in [4.69, 9.17) is 10.5 Å². The molecule has 0 unspecified atom stereocenters. The third kappa shape index (κ3) is 7.99. The quantitative estimate of drug-likeness (QED) is 0.496. The first-order valence-electron chi connectivity index (χ1n) is 12.0. The second-order valence-electron chi connectivity index (χ2n) is 11.2. The molecule has 1 fully saturated rings. The van der Waals surface area contributed by atoms with Gasteiger partial charge in [0.25, 0.3) is 0 Å². The molecule has 1 aliphatic rings. The molecule has 194 valence electrons. The first-order chi connectivity index (χ1) is 16.1. The molecule has 0 spiro atoms. The van der Waals surface area contributed by atoms with E-state index >= 15 is 0 Å². The van der Waals surface area contributed by atoms with Crippen LogP contribution < -0.4 is 15.8 Å². The zero-order valence-electron chi connectivity index (χ0n) is 21.5. The van der Waals surface area contributed by atoms with Gasteiger partial charge in [0, 0.05) is 35.8 Å². The fourth-order valence-corrected chi connectivity index (χ4v) is 6.90. The second-order valence-corrected chi connectivity index (χ2v) is 13.9. The van der Waals surface area contributed by atoms with E-state index in [2.05, 4.69) is 15.0 Å². The first-order valence-corrected chi connectivity index (χ1v) is 14.3. The van der Waals surface area contributed by atoms with Gasteiger partial charge in [-0.1, -0.05) is 12.1 Å². The van der Waals surface area contributed by atoms with Gasteiger partial charge >= 0.3 is 6.09 Å². The Morgan fingerprint density at radius 2 is 1.80 bits per heavy atom. The van der Waals surface area contributed by atoms with Gasteiger partial charge in [0.05, 0.1) is 14.8 Å². The van der Waals surface area contributed by atoms with Crippen molar-refractivity contribution in [1.82, 2.24) is 15.0 Å². The van der Waals surface area contributed by atoms with Crippen LogP contribution in [0.2, 0.25) is 0 Å². The van der Waals surface area contributed by atoms with Crippen LogP contribution in [0.3, 0.4) is 0 Å². The number of nitrogens with one attached hydrogen (secondary N) is 2. The summed E-state index contributed by atoms with van der Waals surface area (Å²) in [6, 6.07) is 5.48. The average molecular weight is 523 g/mol. The fourth-order valence-electron chi connectivity index (χ4n) is 4.02. The molecule has 1 aromatic carbocycles. The fraction of sp³-hybridized carbons (Fsp3) is 0.600. The summed E-state index contributed by atoms with van der Waals surface area (Å²) in [5.41, 5.74) is 6.03. The van der Waals surface area contributed by atoms with E-state index in [1.54, 1.807) is 59.9 Å². The molecule has 0 aliphatic heterocycles. The molecule has 0 bridgehead atoms. The lowest BCUT2D eigenvalue weighted by Gasteiger charge is -2.24. The summed E-state index contributed by atoms with van der Waals surface area (Å²) in [6.07, 6.45) is 5.17. The monoisotopic (exact) mass is 522 g/mol. The minimum Gasteiger partial charge on any atom is -0.444 e. The molecule has 1 heterocycles. The van der Waals surface area contributed by atoms with Gasteiger partial charge in [0.1, 0.15) is 5.60 Å². The summed E-state index contributed by atoms with van der Waals surface area (Å²) in [7, 11) is -3.84. The number of amides is 1. The van der Waals surface area contributed by atoms with Crippen LogP contribution in [0.1, 0.15) is 83.7 Å². The van der Waals surface area contributed by atoms with Gasteiger partial charge < -0.3 is 15.8 Å². The van der Waals surface area contributed by atoms with Crippen molar-refractivity contribution < 1.29 is 17.9 Å². The number of benzene rings is 1. The Morgan fingerprint density at radius 1 is 1.14 bits per heavy atom. The summed E-state index contributed by atoms with van der Waals surface area (Å²) >= 11 is 1.54. The summed E-state index contributed by atoms with van der Waals surface area (Å²) < 4.78 is 34.9. The minimum atomic E-state index is -3.84. The smallest absolute Gasteiger partial charge is 0.407 e. The summed E-state index contributed by atoms with van der Waals surface area (Å²) in [6.45, 7) is 10.9. The molecule has 1 amide bonds. The van der Waals surface area contributed by atoms with E-state index in [1.165, 1.54) is 11.3 Å². The van der Waals surface area contributed by atoms with Gasteiger partial charge in [0.15, 0.2) is 0 Å². The van der Waals surface area contributed by atoms with Gasteiger partial charge in [-0.3, -0.25) is 0 Å². The van der Waals surface area contributed by atoms with E-state index in [0.29, 0.717) is 17.0 Å². The van der Waals surface area contributed by atoms with Crippen LogP contribution in [0.15, 0.2) is 29.3 Å². The molecule has 35 heavy (non-hydrogen) atoms. The molecule has 0 radical (unpaired) electrons. The maximum Gasteiger partial charge on any atom is 0.407 e. The van der Waals surface area contributed by atoms with Crippen LogP contribution in [0.25, 0.3) is 10.4 Å². The Labute approximate surface area is 213 Å². The van der Waals surface area contributed by atoms with E-state index in [1.807, 2.05) is 6.07 Å². The molecule has 0 saturated heterocycles. The Bertz CT molecular complexity index is 1140. The molecule has 0 atom stereocenters. The van der Waals surface area contributed by atoms with Crippen LogP contribution in [-0.2, 0) is 21.3 Å². The highest BCUT2D eigenvalue weighted by Crippen LogP contribution is 2.39. The number of hydrogen-bond acceptors (Lipinski definition) is 7. The molecule has 1 aromatic heterocycles. The van der Waals surface area contributed by atoms with Crippen molar-refractivity contribution >= 4 is 27.5 Å². The number of alkyl carbamates (subject to hydrolysis) is 1. The maximum absolute atomic E-state index is 13.4. The lowest BCUT2D eigenvalue weighted by atomic mass is 9.87. The molecular formula is C25H38N4O4S2. The van der Waals surface area contributed by atoms with Gasteiger partial charge in [-0.05, 0) is 78.9 Å². The highest BCUT2D eigenvalue weighted by Gasteiger charge is 2.28. The van der Waals surface area contributed by atoms with Crippen molar-refractivity contribution in [2.45, 2.75) is 102 Å². The highest BCUT2D eigenvalue weighted by atomic mass is 32.2. The largest absolute Gasteiger partial charge is 0.444 e. The van der Waals surface area contributed by atoms with Crippen LogP contribution in [0.5, 0.6) is 0 Å².